The van der Waals surface area contributed by atoms with E-state index in [4.69, 9.17) is 15.7 Å². The first-order valence-electron chi connectivity index (χ1n) is 6.22. The van der Waals surface area contributed by atoms with E-state index in [9.17, 15) is 24.9 Å². The molecule has 11 heteroatoms. The molecule has 0 aliphatic heterocycles. The number of carbonyl (C=O) groups is 2. The molecular weight excluding hydrogens is 342 g/mol. The van der Waals surface area contributed by atoms with Gasteiger partial charge in [-0.05, 0) is 12.1 Å². The first kappa shape index (κ1) is 17.0. The molecule has 10 nitrogen and oxygen atoms in total. The zero-order chi connectivity index (χ0) is 17.9. The third-order valence-electron chi connectivity index (χ3n) is 2.74. The Morgan fingerprint density at radius 1 is 1.25 bits per heavy atom. The van der Waals surface area contributed by atoms with Crippen molar-refractivity contribution in [1.29, 1.82) is 0 Å². The zero-order valence-corrected chi connectivity index (χ0v) is 12.6. The van der Waals surface area contributed by atoms with Crippen LogP contribution < -0.4 is 5.73 Å². The van der Waals surface area contributed by atoms with Gasteiger partial charge in [-0.15, -0.1) is 11.3 Å². The fraction of sp³-hybridized carbons (Fsp3) is 0.0769. The number of nitrogen functional groups attached to an aromatic ring is 1. The molecule has 0 fully saturated rings. The minimum absolute atomic E-state index is 0.0518. The van der Waals surface area contributed by atoms with Crippen LogP contribution in [-0.2, 0) is 14.4 Å². The second-order valence-electron chi connectivity index (χ2n) is 4.39. The Morgan fingerprint density at radius 2 is 1.96 bits per heavy atom. The molecule has 0 aliphatic rings. The maximum atomic E-state index is 11.3. The Balaban J connectivity index is 2.33. The highest BCUT2D eigenvalue weighted by Gasteiger charge is 2.25. The molecule has 2 aromatic rings. The van der Waals surface area contributed by atoms with Gasteiger partial charge in [0.15, 0.2) is 16.6 Å². The molecule has 0 aliphatic carbocycles. The number of hydrogen-bond acceptors (Lipinski definition) is 9. The first-order valence-corrected chi connectivity index (χ1v) is 7.10. The van der Waals surface area contributed by atoms with Crippen LogP contribution in [0.15, 0.2) is 28.7 Å². The highest BCUT2D eigenvalue weighted by Crippen LogP contribution is 2.29. The van der Waals surface area contributed by atoms with Crippen LogP contribution in [0.3, 0.4) is 0 Å². The largest absolute Gasteiger partial charge is 0.504 e. The quantitative estimate of drug-likeness (QED) is 0.285. The Kier molecular flexibility index (Phi) is 4.84. The van der Waals surface area contributed by atoms with Crippen molar-refractivity contribution in [2.75, 3.05) is 5.73 Å². The van der Waals surface area contributed by atoms with Crippen molar-refractivity contribution < 1.29 is 34.9 Å². The number of benzene rings is 1. The number of thiazole rings is 1. The maximum Gasteiger partial charge on any atom is 0.360 e. The minimum atomic E-state index is -1.71. The molecule has 1 aromatic carbocycles. The summed E-state index contributed by atoms with van der Waals surface area (Å²) >= 11 is 0.980. The van der Waals surface area contributed by atoms with Gasteiger partial charge in [0.2, 0.25) is 11.8 Å². The summed E-state index contributed by atoms with van der Waals surface area (Å²) in [6.07, 6.45) is -1.71. The molecule has 1 atom stereocenters. The molecule has 6 N–H and O–H groups in total. The summed E-state index contributed by atoms with van der Waals surface area (Å²) in [6.45, 7) is 0. The second-order valence-corrected chi connectivity index (χ2v) is 5.28. The highest BCUT2D eigenvalue weighted by molar-refractivity contribution is 7.13. The van der Waals surface area contributed by atoms with Crippen molar-refractivity contribution in [2.45, 2.75) is 6.10 Å². The molecule has 1 heterocycles. The second kappa shape index (κ2) is 6.83. The zero-order valence-electron chi connectivity index (χ0n) is 11.8. The summed E-state index contributed by atoms with van der Waals surface area (Å²) in [7, 11) is 0. The third-order valence-corrected chi connectivity index (χ3v) is 3.42. The number of aromatic hydroxyl groups is 2. The van der Waals surface area contributed by atoms with Gasteiger partial charge in [0.1, 0.15) is 5.69 Å². The fourth-order valence-electron chi connectivity index (χ4n) is 1.65. The Hall–Kier alpha value is -3.34. The van der Waals surface area contributed by atoms with E-state index in [1.54, 1.807) is 0 Å². The van der Waals surface area contributed by atoms with E-state index in [-0.39, 0.29) is 16.4 Å². The summed E-state index contributed by atoms with van der Waals surface area (Å²) in [5.41, 5.74) is 4.66. The Labute approximate surface area is 138 Å². The van der Waals surface area contributed by atoms with Crippen LogP contribution in [0.4, 0.5) is 5.13 Å². The molecule has 126 valence electrons. The Bertz CT molecular complexity index is 818. The average Bonchev–Trinajstić information content (AvgIpc) is 2.92. The molecule has 24 heavy (non-hydrogen) atoms. The van der Waals surface area contributed by atoms with Gasteiger partial charge in [-0.25, -0.2) is 14.6 Å². The number of rotatable bonds is 6. The van der Waals surface area contributed by atoms with Crippen LogP contribution in [0.2, 0.25) is 0 Å². The van der Waals surface area contributed by atoms with Crippen molar-refractivity contribution in [3.8, 4) is 11.5 Å². The lowest BCUT2D eigenvalue weighted by molar-refractivity contribution is -0.151. The number of phenols is 2. The van der Waals surface area contributed by atoms with Crippen molar-refractivity contribution in [3.63, 3.8) is 0 Å². The van der Waals surface area contributed by atoms with E-state index in [1.165, 1.54) is 11.4 Å². The molecule has 0 radical (unpaired) electrons. The van der Waals surface area contributed by atoms with Crippen LogP contribution in [0.25, 0.3) is 0 Å². The van der Waals surface area contributed by atoms with Gasteiger partial charge in [-0.2, -0.15) is 0 Å². The number of carboxylic acid groups (broad SMARTS) is 2. The molecule has 0 spiro atoms. The minimum Gasteiger partial charge on any atom is -0.504 e. The van der Waals surface area contributed by atoms with E-state index in [0.717, 1.165) is 23.5 Å². The lowest BCUT2D eigenvalue weighted by Gasteiger charge is -2.12. The molecule has 1 aromatic heterocycles. The lowest BCUT2D eigenvalue weighted by atomic mass is 10.1. The number of hydrogen-bond donors (Lipinski definition) is 5. The van der Waals surface area contributed by atoms with Gasteiger partial charge in [0.05, 0.1) is 0 Å². The number of nitrogens with two attached hydrogens (primary N) is 1. The fourth-order valence-corrected chi connectivity index (χ4v) is 2.20. The molecule has 2 rings (SSSR count). The topological polar surface area (TPSA) is 176 Å². The molecule has 0 amide bonds. The highest BCUT2D eigenvalue weighted by atomic mass is 32.1. The van der Waals surface area contributed by atoms with Crippen LogP contribution >= 0.6 is 11.3 Å². The Morgan fingerprint density at radius 3 is 2.46 bits per heavy atom. The van der Waals surface area contributed by atoms with Crippen LogP contribution in [-0.4, -0.2) is 43.1 Å². The predicted molar refractivity (Wildman–Crippen MR) is 81.9 cm³/mol. The summed E-state index contributed by atoms with van der Waals surface area (Å²) < 4.78 is 0. The maximum absolute atomic E-state index is 11.3. The smallest absolute Gasteiger partial charge is 0.360 e. The van der Waals surface area contributed by atoms with Gasteiger partial charge >= 0.3 is 11.9 Å². The normalized spacial score (nSPS) is 12.6. The van der Waals surface area contributed by atoms with Gasteiger partial charge < -0.3 is 31.0 Å². The SMILES string of the molecule is Nc1nc(C(=NOC(C(=O)O)c2ccc(O)c(O)c2)C(=O)O)cs1. The van der Waals surface area contributed by atoms with Crippen molar-refractivity contribution in [1.82, 2.24) is 4.98 Å². The molecule has 0 saturated carbocycles. The number of phenolic OH excluding ortho intramolecular Hbond substituents is 2. The van der Waals surface area contributed by atoms with Crippen molar-refractivity contribution >= 4 is 34.1 Å². The number of aliphatic carboxylic acids is 2. The standard InChI is InChI=1S/C13H11N3O7S/c14-13-15-6(4-24-13)9(11(19)20)16-23-10(12(21)22)5-1-2-7(17)8(18)3-5/h1-4,10,17-18H,(H2,14,15)(H,19,20)(H,21,22). The summed E-state index contributed by atoms with van der Waals surface area (Å²) in [5.74, 6) is -3.98. The van der Waals surface area contributed by atoms with E-state index < -0.39 is 35.3 Å². The van der Waals surface area contributed by atoms with Gasteiger partial charge in [-0.3, -0.25) is 0 Å². The van der Waals surface area contributed by atoms with Crippen LogP contribution in [0.1, 0.15) is 17.4 Å². The molecular formula is C13H11N3O7S. The number of aromatic nitrogens is 1. The van der Waals surface area contributed by atoms with Gasteiger partial charge in [0.25, 0.3) is 0 Å². The predicted octanol–water partition coefficient (Wildman–Crippen LogP) is 0.768. The molecule has 0 saturated heterocycles. The molecule has 0 bridgehead atoms. The lowest BCUT2D eigenvalue weighted by Crippen LogP contribution is -2.19. The van der Waals surface area contributed by atoms with E-state index in [1.807, 2.05) is 0 Å². The average molecular weight is 353 g/mol. The third kappa shape index (κ3) is 3.70. The van der Waals surface area contributed by atoms with Crippen molar-refractivity contribution in [2.24, 2.45) is 5.16 Å². The summed E-state index contributed by atoms with van der Waals surface area (Å²) in [6, 6.07) is 3.21. The summed E-state index contributed by atoms with van der Waals surface area (Å²) in [4.78, 5) is 31.1. The van der Waals surface area contributed by atoms with E-state index >= 15 is 0 Å². The van der Waals surface area contributed by atoms with Gasteiger partial charge in [0, 0.05) is 10.9 Å². The number of oxime groups is 1. The molecule has 1 unspecified atom stereocenters. The van der Waals surface area contributed by atoms with Crippen LogP contribution in [0.5, 0.6) is 11.5 Å². The van der Waals surface area contributed by atoms with Crippen LogP contribution in [0, 0.1) is 0 Å². The number of carboxylic acids is 2. The summed E-state index contributed by atoms with van der Waals surface area (Å²) in [5, 5.41) is 41.8. The van der Waals surface area contributed by atoms with E-state index in [0.29, 0.717) is 0 Å². The number of anilines is 1. The monoisotopic (exact) mass is 353 g/mol. The van der Waals surface area contributed by atoms with Crippen molar-refractivity contribution in [3.05, 3.63) is 34.8 Å². The first-order chi connectivity index (χ1) is 11.3. The number of nitrogens with zero attached hydrogens (tertiary/aromatic N) is 2. The van der Waals surface area contributed by atoms with Gasteiger partial charge in [-0.1, -0.05) is 11.2 Å². The van der Waals surface area contributed by atoms with E-state index in [2.05, 4.69) is 10.1 Å².